The lowest BCUT2D eigenvalue weighted by Crippen LogP contribution is -2.56. The maximum Gasteiger partial charge on any atom is 0.243 e. The molecule has 11 rings (SSSR count). The van der Waals surface area contributed by atoms with Crippen molar-refractivity contribution in [1.82, 2.24) is 0 Å². The second kappa shape index (κ2) is 14.3. The lowest BCUT2D eigenvalue weighted by atomic mass is 9.33. The summed E-state index contributed by atoms with van der Waals surface area (Å²) in [6.07, 6.45) is 0. The highest BCUT2D eigenvalue weighted by Gasteiger charge is 2.31. The SMILES string of the molecule is Cc1cc(C)c(B(c2c(C)cc(C)cc2C)c2ccc3ccc4c(N(c5ccccc5-c5ccccc5)c5cccc6c5oc5ccccc56)ccc5ccc2c3c54)c(C)c1. The fourth-order valence-electron chi connectivity index (χ4n) is 10.8. The minimum atomic E-state index is 0.0603. The highest BCUT2D eigenvalue weighted by Crippen LogP contribution is 2.49. The summed E-state index contributed by atoms with van der Waals surface area (Å²) in [5.74, 6) is 0. The van der Waals surface area contributed by atoms with E-state index in [-0.39, 0.29) is 6.71 Å². The predicted octanol–water partition coefficient (Wildman–Crippen LogP) is 14.0. The van der Waals surface area contributed by atoms with E-state index >= 15 is 0 Å². The van der Waals surface area contributed by atoms with Crippen LogP contribution in [0.4, 0.5) is 17.1 Å². The molecule has 0 aliphatic rings. The molecule has 3 heteroatoms. The van der Waals surface area contributed by atoms with Crippen LogP contribution in [0.3, 0.4) is 0 Å². The van der Waals surface area contributed by atoms with Crippen molar-refractivity contribution in [2.75, 3.05) is 4.90 Å². The van der Waals surface area contributed by atoms with Crippen LogP contribution < -0.4 is 21.3 Å². The van der Waals surface area contributed by atoms with E-state index in [1.807, 2.05) is 0 Å². The minimum absolute atomic E-state index is 0.0603. The van der Waals surface area contributed by atoms with Gasteiger partial charge in [-0.3, -0.25) is 0 Å². The number of fused-ring (bicyclic) bond motifs is 3. The molecular weight excluding hydrogens is 737 g/mol. The molecule has 0 radical (unpaired) electrons. The third-order valence-corrected chi connectivity index (χ3v) is 13.1. The molecule has 61 heavy (non-hydrogen) atoms. The minimum Gasteiger partial charge on any atom is -0.454 e. The van der Waals surface area contributed by atoms with Crippen molar-refractivity contribution in [2.24, 2.45) is 0 Å². The van der Waals surface area contributed by atoms with Crippen LogP contribution in [0, 0.1) is 41.5 Å². The van der Waals surface area contributed by atoms with Gasteiger partial charge in [0.15, 0.2) is 5.58 Å². The van der Waals surface area contributed by atoms with Crippen LogP contribution in [0.1, 0.15) is 33.4 Å². The van der Waals surface area contributed by atoms with Crippen LogP contribution >= 0.6 is 0 Å². The Balaban J connectivity index is 1.23. The molecule has 0 fully saturated rings. The summed E-state index contributed by atoms with van der Waals surface area (Å²) in [6.45, 7) is 13.7. The molecule has 0 unspecified atom stereocenters. The van der Waals surface area contributed by atoms with E-state index in [9.17, 15) is 0 Å². The molecule has 0 bridgehead atoms. The molecule has 292 valence electrons. The molecule has 0 spiro atoms. The average Bonchev–Trinajstić information content (AvgIpc) is 3.65. The monoisotopic (exact) mass is 783 g/mol. The molecule has 1 heterocycles. The van der Waals surface area contributed by atoms with Crippen molar-refractivity contribution in [1.29, 1.82) is 0 Å². The molecule has 11 aromatic rings. The van der Waals surface area contributed by atoms with Gasteiger partial charge in [-0.1, -0.05) is 195 Å². The van der Waals surface area contributed by atoms with Gasteiger partial charge in [-0.25, -0.2) is 0 Å². The molecule has 0 aliphatic carbocycles. The number of benzene rings is 10. The summed E-state index contributed by atoms with van der Waals surface area (Å²) in [5.41, 5.74) is 19.4. The van der Waals surface area contributed by atoms with E-state index in [0.29, 0.717) is 0 Å². The third-order valence-electron chi connectivity index (χ3n) is 13.1. The van der Waals surface area contributed by atoms with E-state index < -0.39 is 0 Å². The Labute approximate surface area is 358 Å². The van der Waals surface area contributed by atoms with Gasteiger partial charge in [0.05, 0.1) is 17.1 Å². The van der Waals surface area contributed by atoms with Gasteiger partial charge in [0.25, 0.3) is 0 Å². The van der Waals surface area contributed by atoms with Gasteiger partial charge in [0.1, 0.15) is 5.58 Å². The largest absolute Gasteiger partial charge is 0.454 e. The lowest BCUT2D eigenvalue weighted by molar-refractivity contribution is 0.669. The lowest BCUT2D eigenvalue weighted by Gasteiger charge is -2.30. The van der Waals surface area contributed by atoms with E-state index in [0.717, 1.165) is 50.1 Å². The van der Waals surface area contributed by atoms with E-state index in [4.69, 9.17) is 4.42 Å². The normalized spacial score (nSPS) is 11.8. The summed E-state index contributed by atoms with van der Waals surface area (Å²) in [4.78, 5) is 2.45. The van der Waals surface area contributed by atoms with Crippen molar-refractivity contribution >= 4 is 94.4 Å². The van der Waals surface area contributed by atoms with Gasteiger partial charge in [-0.05, 0) is 98.3 Å². The number of hydrogen-bond acceptors (Lipinski definition) is 2. The molecule has 1 aromatic heterocycles. The number of hydrogen-bond donors (Lipinski definition) is 0. The smallest absolute Gasteiger partial charge is 0.243 e. The molecule has 0 atom stereocenters. The van der Waals surface area contributed by atoms with E-state index in [2.05, 4.69) is 216 Å². The van der Waals surface area contributed by atoms with Gasteiger partial charge >= 0.3 is 0 Å². The van der Waals surface area contributed by atoms with Crippen LogP contribution in [0.2, 0.25) is 0 Å². The maximum atomic E-state index is 6.82. The Bertz CT molecular complexity index is 3400. The number of nitrogens with zero attached hydrogens (tertiary/aromatic N) is 1. The van der Waals surface area contributed by atoms with Crippen LogP contribution in [-0.4, -0.2) is 6.71 Å². The van der Waals surface area contributed by atoms with Crippen LogP contribution in [0.5, 0.6) is 0 Å². The highest BCUT2D eigenvalue weighted by molar-refractivity contribution is 6.98. The number of aryl methyl sites for hydroxylation is 6. The zero-order valence-electron chi connectivity index (χ0n) is 35.6. The molecular formula is C58H46BNO. The Morgan fingerprint density at radius 2 is 0.951 bits per heavy atom. The van der Waals surface area contributed by atoms with Crippen molar-refractivity contribution in [2.45, 2.75) is 41.5 Å². The first-order valence-corrected chi connectivity index (χ1v) is 21.5. The fourth-order valence-corrected chi connectivity index (χ4v) is 10.8. The number of anilines is 3. The van der Waals surface area contributed by atoms with Crippen molar-refractivity contribution in [3.05, 3.63) is 203 Å². The first-order chi connectivity index (χ1) is 29.7. The number of furan rings is 1. The predicted molar refractivity (Wildman–Crippen MR) is 264 cm³/mol. The Kier molecular flexibility index (Phi) is 8.65. The Morgan fingerprint density at radius 1 is 0.410 bits per heavy atom. The molecule has 0 saturated heterocycles. The molecule has 0 saturated carbocycles. The summed E-state index contributed by atoms with van der Waals surface area (Å²) in [6, 6.07) is 62.7. The summed E-state index contributed by atoms with van der Waals surface area (Å²) in [7, 11) is 0. The molecule has 0 amide bonds. The zero-order valence-corrected chi connectivity index (χ0v) is 35.6. The molecule has 0 aliphatic heterocycles. The number of rotatable bonds is 7. The second-order valence-corrected chi connectivity index (χ2v) is 17.2. The van der Waals surface area contributed by atoms with Crippen LogP contribution in [0.25, 0.3) is 65.4 Å². The fraction of sp³-hybridized carbons (Fsp3) is 0.103. The Hall–Kier alpha value is -7.10. The first kappa shape index (κ1) is 36.9. The van der Waals surface area contributed by atoms with Crippen molar-refractivity contribution in [3.8, 4) is 11.1 Å². The second-order valence-electron chi connectivity index (χ2n) is 17.2. The molecule has 0 N–H and O–H groups in total. The topological polar surface area (TPSA) is 16.4 Å². The third kappa shape index (κ3) is 5.86. The van der Waals surface area contributed by atoms with Gasteiger partial charge in [0, 0.05) is 21.7 Å². The standard InChI is InChI=1S/C58H46BNO/c1-35-31-37(3)56(38(4)32-35)59(57-39(5)33-36(2)34-40(57)6)49-29-25-42-24-28-48-51(30-26-43-23-27-47(49)54(42)55(43)48)60(50-20-12-10-17-44(50)41-15-8-7-9-16-41)52-21-14-19-46-45-18-11-13-22-53(45)61-58(46)52/h7-34H,1-6H3. The average molecular weight is 784 g/mol. The van der Waals surface area contributed by atoms with Crippen molar-refractivity contribution < 1.29 is 4.42 Å². The first-order valence-electron chi connectivity index (χ1n) is 21.5. The van der Waals surface area contributed by atoms with E-state index in [1.165, 1.54) is 82.1 Å². The summed E-state index contributed by atoms with van der Waals surface area (Å²) >= 11 is 0. The highest BCUT2D eigenvalue weighted by atomic mass is 16.3. The van der Waals surface area contributed by atoms with Gasteiger partial charge in [-0.2, -0.15) is 0 Å². The van der Waals surface area contributed by atoms with E-state index in [1.54, 1.807) is 0 Å². The van der Waals surface area contributed by atoms with Gasteiger partial charge in [0.2, 0.25) is 6.71 Å². The zero-order chi connectivity index (χ0) is 41.5. The number of para-hydroxylation sites is 3. The maximum absolute atomic E-state index is 6.82. The molecule has 2 nitrogen and oxygen atoms in total. The summed E-state index contributed by atoms with van der Waals surface area (Å²) in [5, 5.41) is 9.78. The van der Waals surface area contributed by atoms with Crippen LogP contribution in [-0.2, 0) is 0 Å². The van der Waals surface area contributed by atoms with Crippen LogP contribution in [0.15, 0.2) is 174 Å². The summed E-state index contributed by atoms with van der Waals surface area (Å²) < 4.78 is 6.82. The van der Waals surface area contributed by atoms with Gasteiger partial charge in [-0.15, -0.1) is 0 Å². The quantitative estimate of drug-likeness (QED) is 0.118. The Morgan fingerprint density at radius 3 is 1.66 bits per heavy atom. The molecule has 10 aromatic carbocycles. The van der Waals surface area contributed by atoms with Gasteiger partial charge < -0.3 is 9.32 Å². The van der Waals surface area contributed by atoms with Crippen molar-refractivity contribution in [3.63, 3.8) is 0 Å².